The Morgan fingerprint density at radius 1 is 1.40 bits per heavy atom. The van der Waals surface area contributed by atoms with Crippen molar-refractivity contribution in [2.75, 3.05) is 5.32 Å². The van der Waals surface area contributed by atoms with Crippen LogP contribution in [0.1, 0.15) is 34.0 Å². The predicted molar refractivity (Wildman–Crippen MR) is 80.0 cm³/mol. The van der Waals surface area contributed by atoms with Crippen LogP contribution >= 0.6 is 11.3 Å². The Morgan fingerprint density at radius 3 is 2.90 bits per heavy atom. The number of carbonyl (C=O) groups is 1. The summed E-state index contributed by atoms with van der Waals surface area (Å²) in [7, 11) is 0. The molecule has 104 valence electrons. The average Bonchev–Trinajstić information content (AvgIpc) is 2.93. The number of carboxylic acids is 1. The quantitative estimate of drug-likeness (QED) is 0.905. The van der Waals surface area contributed by atoms with Crippen molar-refractivity contribution in [3.8, 4) is 0 Å². The normalized spacial score (nSPS) is 17.0. The van der Waals surface area contributed by atoms with Gasteiger partial charge < -0.3 is 10.4 Å². The molecule has 4 nitrogen and oxygen atoms in total. The van der Waals surface area contributed by atoms with Crippen molar-refractivity contribution in [3.63, 3.8) is 0 Å². The third-order valence-corrected chi connectivity index (χ3v) is 4.82. The van der Waals surface area contributed by atoms with Crippen molar-refractivity contribution in [3.05, 3.63) is 39.9 Å². The average molecular weight is 288 g/mol. The summed E-state index contributed by atoms with van der Waals surface area (Å²) in [5, 5.41) is 13.2. The molecule has 1 aromatic carbocycles. The van der Waals surface area contributed by atoms with Crippen LogP contribution in [0.4, 0.5) is 10.8 Å². The molecule has 5 heteroatoms. The van der Waals surface area contributed by atoms with Gasteiger partial charge in [-0.3, -0.25) is 4.79 Å². The van der Waals surface area contributed by atoms with Crippen molar-refractivity contribution in [2.45, 2.75) is 32.6 Å². The van der Waals surface area contributed by atoms with Gasteiger partial charge >= 0.3 is 5.97 Å². The highest BCUT2D eigenvalue weighted by molar-refractivity contribution is 7.15. The minimum Gasteiger partial charge on any atom is -0.481 e. The summed E-state index contributed by atoms with van der Waals surface area (Å²) in [5.74, 6) is -1.21. The summed E-state index contributed by atoms with van der Waals surface area (Å²) in [4.78, 5) is 16.7. The molecule has 0 fully saturated rings. The van der Waals surface area contributed by atoms with Gasteiger partial charge in [0.15, 0.2) is 5.13 Å². The van der Waals surface area contributed by atoms with Crippen LogP contribution in [0.25, 0.3) is 0 Å². The minimum atomic E-state index is -0.771. The molecular formula is C15H16N2O2S. The van der Waals surface area contributed by atoms with E-state index in [9.17, 15) is 9.90 Å². The number of hydrogen-bond donors (Lipinski definition) is 2. The predicted octanol–water partition coefficient (Wildman–Crippen LogP) is 3.62. The Morgan fingerprint density at radius 2 is 2.20 bits per heavy atom. The van der Waals surface area contributed by atoms with E-state index in [1.54, 1.807) is 11.3 Å². The fourth-order valence-electron chi connectivity index (χ4n) is 2.46. The largest absolute Gasteiger partial charge is 0.481 e. The van der Waals surface area contributed by atoms with E-state index >= 15 is 0 Å². The summed E-state index contributed by atoms with van der Waals surface area (Å²) >= 11 is 1.56. The summed E-state index contributed by atoms with van der Waals surface area (Å²) in [5.41, 5.74) is 4.21. The first-order valence-electron chi connectivity index (χ1n) is 6.61. The molecule has 1 heterocycles. The molecule has 1 unspecified atom stereocenters. The van der Waals surface area contributed by atoms with E-state index in [2.05, 4.69) is 36.3 Å². The Bertz CT molecular complexity index is 679. The number of aromatic nitrogens is 1. The molecule has 1 aliphatic rings. The number of benzene rings is 1. The number of anilines is 2. The van der Waals surface area contributed by atoms with Crippen LogP contribution < -0.4 is 5.32 Å². The van der Waals surface area contributed by atoms with Crippen LogP contribution in [0, 0.1) is 13.8 Å². The third-order valence-electron chi connectivity index (χ3n) is 3.77. The minimum absolute atomic E-state index is 0.434. The molecule has 1 aromatic heterocycles. The molecule has 0 saturated heterocycles. The molecular weight excluding hydrogens is 272 g/mol. The molecule has 2 aromatic rings. The highest BCUT2D eigenvalue weighted by Crippen LogP contribution is 2.39. The molecule has 0 radical (unpaired) electrons. The van der Waals surface area contributed by atoms with Gasteiger partial charge in [0.2, 0.25) is 0 Å². The lowest BCUT2D eigenvalue weighted by molar-refractivity contribution is -0.138. The molecule has 0 amide bonds. The van der Waals surface area contributed by atoms with E-state index in [1.807, 2.05) is 6.07 Å². The number of aliphatic carboxylic acids is 1. The Hall–Kier alpha value is -1.88. The smallest absolute Gasteiger partial charge is 0.312 e. The van der Waals surface area contributed by atoms with Crippen molar-refractivity contribution in [2.24, 2.45) is 0 Å². The summed E-state index contributed by atoms with van der Waals surface area (Å²) in [6, 6.07) is 6.17. The maximum atomic E-state index is 11.2. The van der Waals surface area contributed by atoms with Gasteiger partial charge in [0, 0.05) is 10.6 Å². The maximum absolute atomic E-state index is 11.2. The van der Waals surface area contributed by atoms with Gasteiger partial charge in [-0.2, -0.15) is 0 Å². The van der Waals surface area contributed by atoms with Gasteiger partial charge in [-0.15, -0.1) is 11.3 Å². The number of hydrogen-bond acceptors (Lipinski definition) is 4. The monoisotopic (exact) mass is 288 g/mol. The summed E-state index contributed by atoms with van der Waals surface area (Å²) < 4.78 is 0. The Balaban J connectivity index is 1.84. The first kappa shape index (κ1) is 13.1. The zero-order valence-electron chi connectivity index (χ0n) is 11.4. The van der Waals surface area contributed by atoms with E-state index in [0.717, 1.165) is 27.8 Å². The SMILES string of the molecule is Cc1ccc(Nc2nc3c(s2)CCC3C(=O)O)cc1C. The highest BCUT2D eigenvalue weighted by Gasteiger charge is 2.32. The molecule has 1 atom stereocenters. The molecule has 0 spiro atoms. The lowest BCUT2D eigenvalue weighted by atomic mass is 10.1. The van der Waals surface area contributed by atoms with Gasteiger partial charge in [0.05, 0.1) is 5.69 Å². The number of nitrogens with zero attached hydrogens (tertiary/aromatic N) is 1. The van der Waals surface area contributed by atoms with Gasteiger partial charge in [-0.1, -0.05) is 6.07 Å². The topological polar surface area (TPSA) is 62.2 Å². The fourth-order valence-corrected chi connectivity index (χ4v) is 3.52. The maximum Gasteiger partial charge on any atom is 0.312 e. The van der Waals surface area contributed by atoms with Crippen LogP contribution in [-0.2, 0) is 11.2 Å². The second-order valence-electron chi connectivity index (χ2n) is 5.18. The van der Waals surface area contributed by atoms with Gasteiger partial charge in [0.25, 0.3) is 0 Å². The van der Waals surface area contributed by atoms with Crippen LogP contribution in [0.15, 0.2) is 18.2 Å². The number of nitrogens with one attached hydrogen (secondary N) is 1. The van der Waals surface area contributed by atoms with Gasteiger partial charge in [0.1, 0.15) is 5.92 Å². The van der Waals surface area contributed by atoms with E-state index in [4.69, 9.17) is 0 Å². The van der Waals surface area contributed by atoms with E-state index in [1.165, 1.54) is 11.1 Å². The van der Waals surface area contributed by atoms with Crippen molar-refractivity contribution in [1.82, 2.24) is 4.98 Å². The van der Waals surface area contributed by atoms with Crippen molar-refractivity contribution < 1.29 is 9.90 Å². The van der Waals surface area contributed by atoms with Crippen molar-refractivity contribution >= 4 is 28.1 Å². The lowest BCUT2D eigenvalue weighted by Crippen LogP contribution is -2.08. The summed E-state index contributed by atoms with van der Waals surface area (Å²) in [6.45, 7) is 4.15. The molecule has 2 N–H and O–H groups in total. The van der Waals surface area contributed by atoms with E-state index < -0.39 is 11.9 Å². The van der Waals surface area contributed by atoms with Crippen molar-refractivity contribution in [1.29, 1.82) is 0 Å². The number of thiazole rings is 1. The lowest BCUT2D eigenvalue weighted by Gasteiger charge is -2.06. The van der Waals surface area contributed by atoms with E-state index in [-0.39, 0.29) is 0 Å². The number of carboxylic acid groups (broad SMARTS) is 1. The molecule has 3 rings (SSSR count). The summed E-state index contributed by atoms with van der Waals surface area (Å²) in [6.07, 6.45) is 1.49. The molecule has 1 aliphatic carbocycles. The third kappa shape index (κ3) is 2.29. The first-order valence-corrected chi connectivity index (χ1v) is 7.43. The molecule has 0 bridgehead atoms. The fraction of sp³-hybridized carbons (Fsp3) is 0.333. The standard InChI is InChI=1S/C15H16N2O2S/c1-8-3-4-10(7-9(8)2)16-15-17-13-11(14(18)19)5-6-12(13)20-15/h3-4,7,11H,5-6H2,1-2H3,(H,16,17)(H,18,19). The zero-order valence-corrected chi connectivity index (χ0v) is 12.3. The zero-order chi connectivity index (χ0) is 14.3. The Labute approximate surface area is 121 Å². The first-order chi connectivity index (χ1) is 9.54. The van der Waals surface area contributed by atoms with Crippen LogP contribution in [0.2, 0.25) is 0 Å². The number of aryl methyl sites for hydroxylation is 3. The van der Waals surface area contributed by atoms with Crippen LogP contribution in [0.5, 0.6) is 0 Å². The Kier molecular flexibility index (Phi) is 3.22. The molecule has 20 heavy (non-hydrogen) atoms. The second kappa shape index (κ2) is 4.90. The molecule has 0 saturated carbocycles. The van der Waals surface area contributed by atoms with Gasteiger partial charge in [-0.05, 0) is 49.9 Å². The molecule has 0 aliphatic heterocycles. The van der Waals surface area contributed by atoms with Crippen LogP contribution in [0.3, 0.4) is 0 Å². The second-order valence-corrected chi connectivity index (χ2v) is 6.26. The van der Waals surface area contributed by atoms with E-state index in [0.29, 0.717) is 6.42 Å². The highest BCUT2D eigenvalue weighted by atomic mass is 32.1. The van der Waals surface area contributed by atoms with Crippen LogP contribution in [-0.4, -0.2) is 16.1 Å². The number of fused-ring (bicyclic) bond motifs is 1. The van der Waals surface area contributed by atoms with Gasteiger partial charge in [-0.25, -0.2) is 4.98 Å². The number of rotatable bonds is 3.